The molecule has 9 aliphatic rings. The van der Waals surface area contributed by atoms with Crippen LogP contribution in [0.1, 0.15) is 214 Å². The Bertz CT molecular complexity index is 1120. The van der Waals surface area contributed by atoms with Gasteiger partial charge in [-0.05, 0) is 190 Å². The first kappa shape index (κ1) is 39.6. The monoisotopic (exact) mass is 727 g/mol. The van der Waals surface area contributed by atoms with Crippen LogP contribution in [0.4, 0.5) is 0 Å². The first-order valence-electron chi connectivity index (χ1n) is 25.9. The van der Waals surface area contributed by atoms with Crippen molar-refractivity contribution in [2.75, 3.05) is 0 Å². The molecule has 8 fully saturated rings. The molecule has 0 saturated heterocycles. The molecule has 9 aliphatic carbocycles. The molecule has 0 heterocycles. The molecule has 0 bridgehead atoms. The fourth-order valence-electron chi connectivity index (χ4n) is 18.6. The van der Waals surface area contributed by atoms with Gasteiger partial charge in [0.05, 0.1) is 0 Å². The minimum absolute atomic E-state index is 0.928. The Hall–Kier alpha value is -0.260. The maximum atomic E-state index is 2.84. The second kappa shape index (κ2) is 18.6. The van der Waals surface area contributed by atoms with Gasteiger partial charge in [0.1, 0.15) is 0 Å². The smallest absolute Gasteiger partial charge is 0.0168 e. The van der Waals surface area contributed by atoms with E-state index in [9.17, 15) is 0 Å². The summed E-state index contributed by atoms with van der Waals surface area (Å²) in [4.78, 5) is 0. The second-order valence-electron chi connectivity index (χ2n) is 21.9. The summed E-state index contributed by atoms with van der Waals surface area (Å²) in [5, 5.41) is 0. The van der Waals surface area contributed by atoms with E-state index in [0.717, 1.165) is 107 Å². The zero-order chi connectivity index (χ0) is 36.3. The summed E-state index contributed by atoms with van der Waals surface area (Å²) in [5.74, 6) is 19.5. The second-order valence-corrected chi connectivity index (χ2v) is 21.9. The number of rotatable bonds is 10. The molecule has 0 heteroatoms. The molecule has 16 atom stereocenters. The summed E-state index contributed by atoms with van der Waals surface area (Å²) in [7, 11) is 0. The van der Waals surface area contributed by atoms with Gasteiger partial charge in [-0.3, -0.25) is 0 Å². The molecule has 8 saturated carbocycles. The van der Waals surface area contributed by atoms with Crippen LogP contribution in [0.3, 0.4) is 0 Å². The van der Waals surface area contributed by atoms with E-state index in [4.69, 9.17) is 0 Å². The number of fused-ring (bicyclic) bond motifs is 4. The summed E-state index contributed by atoms with van der Waals surface area (Å²) in [5.41, 5.74) is 0. The highest BCUT2D eigenvalue weighted by Gasteiger charge is 2.57. The van der Waals surface area contributed by atoms with Crippen LogP contribution in [0.25, 0.3) is 0 Å². The molecule has 0 aromatic rings. The molecule has 0 aromatic carbocycles. The van der Waals surface area contributed by atoms with Crippen molar-refractivity contribution in [3.8, 4) is 0 Å². The van der Waals surface area contributed by atoms with E-state index in [1.165, 1.54) is 44.9 Å². The van der Waals surface area contributed by atoms with Gasteiger partial charge in [0, 0.05) is 0 Å². The fourth-order valence-corrected chi connectivity index (χ4v) is 18.6. The lowest BCUT2D eigenvalue weighted by Gasteiger charge is -2.58. The minimum Gasteiger partial charge on any atom is -0.0882 e. The fraction of sp³-hybridized carbons (Fsp3) is 0.962. The van der Waals surface area contributed by atoms with E-state index < -0.39 is 0 Å². The van der Waals surface area contributed by atoms with E-state index in [1.54, 1.807) is 141 Å². The first-order valence-corrected chi connectivity index (χ1v) is 25.9. The molecule has 0 aromatic heterocycles. The third-order valence-corrected chi connectivity index (χ3v) is 19.8. The Labute approximate surface area is 331 Å². The maximum Gasteiger partial charge on any atom is -0.0168 e. The topological polar surface area (TPSA) is 0 Å². The highest BCUT2D eigenvalue weighted by atomic mass is 14.6. The van der Waals surface area contributed by atoms with Gasteiger partial charge in [0.25, 0.3) is 0 Å². The number of allylic oxidation sites excluding steroid dienone is 2. The molecule has 0 radical (unpaired) electrons. The van der Waals surface area contributed by atoms with E-state index in [0.29, 0.717) is 0 Å². The van der Waals surface area contributed by atoms with Gasteiger partial charge in [-0.2, -0.15) is 0 Å². The third kappa shape index (κ3) is 7.97. The zero-order valence-electron chi connectivity index (χ0n) is 36.1. The van der Waals surface area contributed by atoms with E-state index in [1.807, 2.05) is 13.8 Å². The Morgan fingerprint density at radius 2 is 0.925 bits per heavy atom. The van der Waals surface area contributed by atoms with Crippen molar-refractivity contribution in [1.29, 1.82) is 0 Å². The number of hydrogen-bond donors (Lipinski definition) is 0. The molecule has 0 amide bonds. The summed E-state index contributed by atoms with van der Waals surface area (Å²) in [6.45, 7) is 8.96. The van der Waals surface area contributed by atoms with Crippen LogP contribution < -0.4 is 0 Å². The lowest BCUT2D eigenvalue weighted by Crippen LogP contribution is -2.52. The van der Waals surface area contributed by atoms with Crippen molar-refractivity contribution < 1.29 is 0 Å². The van der Waals surface area contributed by atoms with Gasteiger partial charge in [0.2, 0.25) is 0 Å². The van der Waals surface area contributed by atoms with Gasteiger partial charge in [-0.25, -0.2) is 0 Å². The molecule has 53 heavy (non-hydrogen) atoms. The van der Waals surface area contributed by atoms with Gasteiger partial charge in [0.15, 0.2) is 0 Å². The van der Waals surface area contributed by atoms with E-state index >= 15 is 0 Å². The highest BCUT2D eigenvalue weighted by Crippen LogP contribution is 2.65. The molecule has 0 N–H and O–H groups in total. The Kier molecular flexibility index (Phi) is 13.8. The predicted molar refractivity (Wildman–Crippen MR) is 229 cm³/mol. The summed E-state index contributed by atoms with van der Waals surface area (Å²) in [6.07, 6.45) is 51.0. The molecular formula is C53H90. The van der Waals surface area contributed by atoms with Crippen LogP contribution in [0.5, 0.6) is 0 Å². The summed E-state index contributed by atoms with van der Waals surface area (Å²) < 4.78 is 0. The lowest BCUT2D eigenvalue weighted by molar-refractivity contribution is -0.0809. The lowest BCUT2D eigenvalue weighted by atomic mass is 9.47. The minimum atomic E-state index is 0.928. The average molecular weight is 727 g/mol. The predicted octanol–water partition coefficient (Wildman–Crippen LogP) is 16.1. The molecule has 0 spiro atoms. The largest absolute Gasteiger partial charge is 0.0882 e. The maximum absolute atomic E-state index is 2.84. The van der Waals surface area contributed by atoms with Crippen LogP contribution in [0.15, 0.2) is 12.2 Å². The quantitative estimate of drug-likeness (QED) is 0.197. The normalized spacial score (nSPS) is 47.0. The molecule has 0 aliphatic heterocycles. The van der Waals surface area contributed by atoms with Crippen molar-refractivity contribution in [2.24, 2.45) is 107 Å². The zero-order valence-corrected chi connectivity index (χ0v) is 36.1. The number of hydrogen-bond acceptors (Lipinski definition) is 0. The Morgan fingerprint density at radius 1 is 0.453 bits per heavy atom. The van der Waals surface area contributed by atoms with Crippen LogP contribution in [0, 0.1) is 107 Å². The van der Waals surface area contributed by atoms with Crippen molar-refractivity contribution in [3.63, 3.8) is 0 Å². The first-order chi connectivity index (χ1) is 26.2. The molecule has 302 valence electrons. The van der Waals surface area contributed by atoms with Gasteiger partial charge >= 0.3 is 0 Å². The Balaban J connectivity index is 0.00000197. The summed E-state index contributed by atoms with van der Waals surface area (Å²) >= 11 is 0. The van der Waals surface area contributed by atoms with Crippen LogP contribution in [0.2, 0.25) is 0 Å². The average Bonchev–Trinajstić information content (AvgIpc) is 3.99. The summed E-state index contributed by atoms with van der Waals surface area (Å²) in [6, 6.07) is 0. The molecule has 0 nitrogen and oxygen atoms in total. The van der Waals surface area contributed by atoms with Crippen LogP contribution in [-0.4, -0.2) is 0 Å². The standard InChI is InChI=1S/C51H84.C2H6/c1-3-15-36(16-4-2)48-40-19-8-11-22-43(40)50(44-23-12-9-20-41(44)48)38-29-27-34(32-38)31-35-28-30-39(33-35)51-45-24-13-10-21-42(45)49(37-17-6-5-7-18-37)46-25-14-26-47(46)51;1-2/h8,19,34-51H,3-7,9-18,20-33H2,1-2H3;1-2H3. The van der Waals surface area contributed by atoms with Gasteiger partial charge in [-0.15, -0.1) is 0 Å². The van der Waals surface area contributed by atoms with Crippen molar-refractivity contribution in [2.45, 2.75) is 214 Å². The van der Waals surface area contributed by atoms with Crippen LogP contribution in [-0.2, 0) is 0 Å². The van der Waals surface area contributed by atoms with Gasteiger partial charge < -0.3 is 0 Å². The van der Waals surface area contributed by atoms with Crippen molar-refractivity contribution in [1.82, 2.24) is 0 Å². The highest BCUT2D eigenvalue weighted by molar-refractivity contribution is 5.11. The third-order valence-electron chi connectivity index (χ3n) is 19.8. The molecule has 16 unspecified atom stereocenters. The Morgan fingerprint density at radius 3 is 1.49 bits per heavy atom. The van der Waals surface area contributed by atoms with Crippen molar-refractivity contribution >= 4 is 0 Å². The molecular weight excluding hydrogens is 637 g/mol. The van der Waals surface area contributed by atoms with Crippen LogP contribution >= 0.6 is 0 Å². The van der Waals surface area contributed by atoms with Crippen molar-refractivity contribution in [3.05, 3.63) is 12.2 Å². The van der Waals surface area contributed by atoms with E-state index in [2.05, 4.69) is 26.0 Å². The SMILES string of the molecule is CC.CCCC(CCC)C1C2C=CCCC2C(C2CCC(CC3CCC(C4C5CCCCC5C(C5CCCCC5)C5CCCC54)C3)C2)C2CCCCC21. The molecule has 9 rings (SSSR count). The van der Waals surface area contributed by atoms with E-state index in [-0.39, 0.29) is 0 Å². The van der Waals surface area contributed by atoms with Gasteiger partial charge in [-0.1, -0.05) is 143 Å².